The second-order valence-corrected chi connectivity index (χ2v) is 8.00. The van der Waals surface area contributed by atoms with Crippen molar-refractivity contribution in [3.05, 3.63) is 11.3 Å². The maximum Gasteiger partial charge on any atom is 0.262 e. The average Bonchev–Trinajstić information content (AvgIpc) is 2.80. The van der Waals surface area contributed by atoms with E-state index in [1.54, 1.807) is 6.92 Å². The molecule has 2 rings (SSSR count). The van der Waals surface area contributed by atoms with Crippen molar-refractivity contribution in [2.45, 2.75) is 30.7 Å². The summed E-state index contributed by atoms with van der Waals surface area (Å²) in [7, 11) is 0.545. The van der Waals surface area contributed by atoms with E-state index in [9.17, 15) is 8.42 Å². The Kier molecular flexibility index (Phi) is 5.29. The molecular weight excluding hydrogens is 312 g/mol. The van der Waals surface area contributed by atoms with Gasteiger partial charge in [-0.1, -0.05) is 0 Å². The Morgan fingerprint density at radius 3 is 2.52 bits per heavy atom. The fourth-order valence-corrected chi connectivity index (χ4v) is 4.81. The lowest BCUT2D eigenvalue weighted by molar-refractivity contribution is 0.224. The number of halogens is 1. The second-order valence-electron chi connectivity index (χ2n) is 5.88. The van der Waals surface area contributed by atoms with Gasteiger partial charge in [-0.15, -0.1) is 11.6 Å². The minimum atomic E-state index is -3.54. The molecule has 6 nitrogen and oxygen atoms in total. The maximum atomic E-state index is 12.7. The number of alkyl halides is 1. The molecule has 120 valence electrons. The minimum absolute atomic E-state index is 0.0843. The van der Waals surface area contributed by atoms with Crippen LogP contribution in [0.4, 0.5) is 0 Å². The van der Waals surface area contributed by atoms with Crippen LogP contribution in [0.3, 0.4) is 0 Å². The number of H-pyrrole nitrogens is 1. The topological polar surface area (TPSA) is 69.3 Å². The molecule has 2 heterocycles. The molecule has 0 spiro atoms. The molecule has 21 heavy (non-hydrogen) atoms. The van der Waals surface area contributed by atoms with E-state index in [4.69, 9.17) is 11.6 Å². The van der Waals surface area contributed by atoms with E-state index in [0.29, 0.717) is 30.3 Å². The molecule has 1 fully saturated rings. The van der Waals surface area contributed by atoms with E-state index in [2.05, 4.69) is 15.1 Å². The molecule has 1 N–H and O–H groups in total. The van der Waals surface area contributed by atoms with E-state index in [1.165, 1.54) is 4.31 Å². The minimum Gasteiger partial charge on any atom is -0.309 e. The molecule has 1 aromatic rings. The first-order valence-corrected chi connectivity index (χ1v) is 9.08. The number of aromatic amines is 1. The first-order valence-electron chi connectivity index (χ1n) is 7.11. The summed E-state index contributed by atoms with van der Waals surface area (Å²) in [5.74, 6) is 0.702. The Labute approximate surface area is 131 Å². The Balaban J connectivity index is 2.11. The van der Waals surface area contributed by atoms with Crippen LogP contribution in [-0.2, 0) is 15.9 Å². The molecule has 0 atom stereocenters. The van der Waals surface area contributed by atoms with Crippen LogP contribution < -0.4 is 0 Å². The zero-order valence-corrected chi connectivity index (χ0v) is 14.3. The van der Waals surface area contributed by atoms with Gasteiger partial charge < -0.3 is 4.90 Å². The Bertz CT molecular complexity index is 577. The van der Waals surface area contributed by atoms with Crippen LogP contribution in [0.5, 0.6) is 0 Å². The SMILES string of the molecule is Cc1[nH]nc(S(=O)(=O)N2CCC(CN(C)C)CC2)c1CCl. The first-order chi connectivity index (χ1) is 9.86. The molecule has 0 radical (unpaired) electrons. The molecule has 8 heteroatoms. The van der Waals surface area contributed by atoms with Crippen LogP contribution in [0.2, 0.25) is 0 Å². The standard InChI is InChI=1S/C13H23ClN4O2S/c1-10-12(8-14)13(16-15-10)21(19,20)18-6-4-11(5-7-18)9-17(2)3/h11H,4-9H2,1-3H3,(H,15,16). The van der Waals surface area contributed by atoms with Gasteiger partial charge in [0.25, 0.3) is 10.0 Å². The van der Waals surface area contributed by atoms with Crippen LogP contribution in [0.1, 0.15) is 24.1 Å². The Morgan fingerprint density at radius 2 is 2.00 bits per heavy atom. The summed E-state index contributed by atoms with van der Waals surface area (Å²) in [6.45, 7) is 3.89. The second kappa shape index (κ2) is 6.64. The fraction of sp³-hybridized carbons (Fsp3) is 0.769. The monoisotopic (exact) mass is 334 g/mol. The maximum absolute atomic E-state index is 12.7. The third-order valence-electron chi connectivity index (χ3n) is 3.95. The van der Waals surface area contributed by atoms with Gasteiger partial charge in [0.15, 0.2) is 5.03 Å². The normalized spacial score (nSPS) is 18.5. The van der Waals surface area contributed by atoms with Crippen LogP contribution in [0.25, 0.3) is 0 Å². The van der Waals surface area contributed by atoms with Crippen molar-refractivity contribution < 1.29 is 8.42 Å². The third-order valence-corrected chi connectivity index (χ3v) is 6.09. The van der Waals surface area contributed by atoms with Crippen LogP contribution in [0.15, 0.2) is 5.03 Å². The van der Waals surface area contributed by atoms with Gasteiger partial charge in [0.2, 0.25) is 0 Å². The molecule has 0 bridgehead atoms. The molecule has 0 aliphatic carbocycles. The van der Waals surface area contributed by atoms with Gasteiger partial charge in [-0.2, -0.15) is 9.40 Å². The zero-order valence-electron chi connectivity index (χ0n) is 12.8. The molecule has 0 aromatic carbocycles. The molecule has 0 saturated carbocycles. The van der Waals surface area contributed by atoms with Crippen LogP contribution >= 0.6 is 11.6 Å². The summed E-state index contributed by atoms with van der Waals surface area (Å²) in [5, 5.41) is 6.76. The lowest BCUT2D eigenvalue weighted by Gasteiger charge is -2.32. The highest BCUT2D eigenvalue weighted by Crippen LogP contribution is 2.26. The average molecular weight is 335 g/mol. The Morgan fingerprint density at radius 1 is 1.38 bits per heavy atom. The summed E-state index contributed by atoms with van der Waals surface area (Å²) >= 11 is 5.86. The van der Waals surface area contributed by atoms with Gasteiger partial charge in [-0.3, -0.25) is 5.10 Å². The smallest absolute Gasteiger partial charge is 0.262 e. The van der Waals surface area contributed by atoms with Crippen molar-refractivity contribution in [1.82, 2.24) is 19.4 Å². The number of rotatable bonds is 5. The highest BCUT2D eigenvalue weighted by atomic mass is 35.5. The summed E-state index contributed by atoms with van der Waals surface area (Å²) in [4.78, 5) is 2.15. The molecular formula is C13H23ClN4O2S. The number of nitrogens with one attached hydrogen (secondary N) is 1. The summed E-state index contributed by atoms with van der Waals surface area (Å²) in [6.07, 6.45) is 1.77. The number of sulfonamides is 1. The lowest BCUT2D eigenvalue weighted by Crippen LogP contribution is -2.41. The molecule has 1 aliphatic heterocycles. The predicted molar refractivity (Wildman–Crippen MR) is 82.9 cm³/mol. The first kappa shape index (κ1) is 16.7. The van der Waals surface area contributed by atoms with Gasteiger partial charge in [0, 0.05) is 30.9 Å². The molecule has 1 aromatic heterocycles. The largest absolute Gasteiger partial charge is 0.309 e. The van der Waals surface area contributed by atoms with Gasteiger partial charge in [0.1, 0.15) is 0 Å². The van der Waals surface area contributed by atoms with Crippen molar-refractivity contribution in [2.75, 3.05) is 33.7 Å². The van der Waals surface area contributed by atoms with Crippen LogP contribution in [0, 0.1) is 12.8 Å². The van der Waals surface area contributed by atoms with Gasteiger partial charge in [-0.25, -0.2) is 8.42 Å². The number of nitrogens with zero attached hydrogens (tertiary/aromatic N) is 3. The highest BCUT2D eigenvalue weighted by Gasteiger charge is 2.33. The molecule has 0 amide bonds. The van der Waals surface area contributed by atoms with E-state index in [0.717, 1.165) is 19.4 Å². The summed E-state index contributed by atoms with van der Waals surface area (Å²) in [6, 6.07) is 0. The van der Waals surface area contributed by atoms with Gasteiger partial charge >= 0.3 is 0 Å². The Hall–Kier alpha value is -0.630. The van der Waals surface area contributed by atoms with Crippen molar-refractivity contribution >= 4 is 21.6 Å². The van der Waals surface area contributed by atoms with E-state index in [-0.39, 0.29) is 10.9 Å². The van der Waals surface area contributed by atoms with E-state index in [1.807, 2.05) is 14.1 Å². The van der Waals surface area contributed by atoms with Crippen molar-refractivity contribution in [2.24, 2.45) is 5.92 Å². The number of piperidine rings is 1. The quantitative estimate of drug-likeness (QED) is 0.827. The highest BCUT2D eigenvalue weighted by molar-refractivity contribution is 7.89. The molecule has 1 saturated heterocycles. The number of aromatic nitrogens is 2. The van der Waals surface area contributed by atoms with Gasteiger partial charge in [-0.05, 0) is 39.8 Å². The predicted octanol–water partition coefficient (Wildman–Crippen LogP) is 1.42. The number of hydrogen-bond acceptors (Lipinski definition) is 4. The molecule has 1 aliphatic rings. The van der Waals surface area contributed by atoms with Crippen molar-refractivity contribution in [1.29, 1.82) is 0 Å². The van der Waals surface area contributed by atoms with Crippen LogP contribution in [-0.4, -0.2) is 61.5 Å². The summed E-state index contributed by atoms with van der Waals surface area (Å²) in [5.41, 5.74) is 1.29. The van der Waals surface area contributed by atoms with Crippen molar-refractivity contribution in [3.63, 3.8) is 0 Å². The third kappa shape index (κ3) is 3.59. The van der Waals surface area contributed by atoms with E-state index >= 15 is 0 Å². The number of aryl methyl sites for hydroxylation is 1. The fourth-order valence-electron chi connectivity index (χ4n) is 2.77. The molecule has 0 unspecified atom stereocenters. The lowest BCUT2D eigenvalue weighted by atomic mass is 9.98. The van der Waals surface area contributed by atoms with Gasteiger partial charge in [0.05, 0.1) is 5.88 Å². The summed E-state index contributed by atoms with van der Waals surface area (Å²) < 4.78 is 26.9. The zero-order chi connectivity index (χ0) is 15.6. The van der Waals surface area contributed by atoms with E-state index < -0.39 is 10.0 Å². The number of hydrogen-bond donors (Lipinski definition) is 1. The van der Waals surface area contributed by atoms with Crippen molar-refractivity contribution in [3.8, 4) is 0 Å².